The Hall–Kier alpha value is -2.82. The van der Waals surface area contributed by atoms with E-state index in [4.69, 9.17) is 4.74 Å². The molecule has 0 heterocycles. The fourth-order valence-electron chi connectivity index (χ4n) is 2.50. The molecule has 0 aliphatic heterocycles. The van der Waals surface area contributed by atoms with Crippen molar-refractivity contribution in [3.05, 3.63) is 59.2 Å². The zero-order chi connectivity index (χ0) is 18.4. The molecule has 0 bridgehead atoms. The molecule has 0 fully saturated rings. The second kappa shape index (κ2) is 8.33. The van der Waals surface area contributed by atoms with Crippen LogP contribution in [0.3, 0.4) is 0 Å². The molecule has 25 heavy (non-hydrogen) atoms. The lowest BCUT2D eigenvalue weighted by molar-refractivity contribution is -0.146. The van der Waals surface area contributed by atoms with Gasteiger partial charge < -0.3 is 15.2 Å². The standard InChI is InChI=1S/C20H23NO4/c1-13(2)17-6-4-5-14(3)20(17)21-18(23)12-25-19(24)11-15-7-9-16(22)10-8-15/h4-10,13,22H,11-12H2,1-3H3,(H,21,23). The van der Waals surface area contributed by atoms with Crippen molar-refractivity contribution in [2.75, 3.05) is 11.9 Å². The first-order valence-corrected chi connectivity index (χ1v) is 8.19. The number of anilines is 1. The summed E-state index contributed by atoms with van der Waals surface area (Å²) in [6.07, 6.45) is 0.0508. The summed E-state index contributed by atoms with van der Waals surface area (Å²) < 4.78 is 5.04. The molecule has 0 aromatic heterocycles. The molecular formula is C20H23NO4. The zero-order valence-electron chi connectivity index (χ0n) is 14.7. The van der Waals surface area contributed by atoms with E-state index in [9.17, 15) is 14.7 Å². The van der Waals surface area contributed by atoms with Gasteiger partial charge in [0.1, 0.15) is 5.75 Å². The molecule has 0 aliphatic rings. The van der Waals surface area contributed by atoms with E-state index in [-0.39, 0.29) is 30.6 Å². The first-order chi connectivity index (χ1) is 11.9. The van der Waals surface area contributed by atoms with E-state index in [1.165, 1.54) is 12.1 Å². The number of nitrogens with one attached hydrogen (secondary N) is 1. The van der Waals surface area contributed by atoms with Gasteiger partial charge in [-0.1, -0.05) is 44.2 Å². The number of hydrogen-bond donors (Lipinski definition) is 2. The molecule has 0 aliphatic carbocycles. The van der Waals surface area contributed by atoms with Crippen LogP contribution in [0.5, 0.6) is 5.75 Å². The molecule has 2 rings (SSSR count). The molecule has 0 atom stereocenters. The van der Waals surface area contributed by atoms with Crippen molar-refractivity contribution in [1.29, 1.82) is 0 Å². The van der Waals surface area contributed by atoms with Crippen LogP contribution in [0.15, 0.2) is 42.5 Å². The van der Waals surface area contributed by atoms with Gasteiger partial charge in [0.25, 0.3) is 5.91 Å². The first-order valence-electron chi connectivity index (χ1n) is 8.19. The topological polar surface area (TPSA) is 75.6 Å². The van der Waals surface area contributed by atoms with Gasteiger partial charge in [0.05, 0.1) is 6.42 Å². The van der Waals surface area contributed by atoms with E-state index in [0.717, 1.165) is 16.8 Å². The minimum Gasteiger partial charge on any atom is -0.508 e. The van der Waals surface area contributed by atoms with Crippen LogP contribution in [-0.4, -0.2) is 23.6 Å². The van der Waals surface area contributed by atoms with Crippen LogP contribution in [0.25, 0.3) is 0 Å². The minimum absolute atomic E-state index is 0.0508. The first kappa shape index (κ1) is 18.5. The molecule has 0 spiro atoms. The number of phenolic OH excluding ortho intramolecular Hbond substituents is 1. The third-order valence-electron chi connectivity index (χ3n) is 3.84. The minimum atomic E-state index is -0.491. The van der Waals surface area contributed by atoms with Crippen molar-refractivity contribution in [1.82, 2.24) is 0 Å². The number of ether oxygens (including phenoxy) is 1. The summed E-state index contributed by atoms with van der Waals surface area (Å²) in [7, 11) is 0. The smallest absolute Gasteiger partial charge is 0.310 e. The maximum absolute atomic E-state index is 12.1. The predicted molar refractivity (Wildman–Crippen MR) is 96.7 cm³/mol. The molecule has 0 unspecified atom stereocenters. The Morgan fingerprint density at radius 1 is 1.12 bits per heavy atom. The van der Waals surface area contributed by atoms with Crippen molar-refractivity contribution >= 4 is 17.6 Å². The highest BCUT2D eigenvalue weighted by atomic mass is 16.5. The largest absolute Gasteiger partial charge is 0.508 e. The van der Waals surface area contributed by atoms with Gasteiger partial charge in [-0.25, -0.2) is 0 Å². The molecule has 0 saturated heterocycles. The fourth-order valence-corrected chi connectivity index (χ4v) is 2.50. The van der Waals surface area contributed by atoms with Gasteiger partial charge in [0.15, 0.2) is 6.61 Å². The van der Waals surface area contributed by atoms with Crippen LogP contribution >= 0.6 is 0 Å². The van der Waals surface area contributed by atoms with Crippen molar-refractivity contribution in [3.8, 4) is 5.75 Å². The highest BCUT2D eigenvalue weighted by Crippen LogP contribution is 2.27. The van der Waals surface area contributed by atoms with Crippen molar-refractivity contribution in [3.63, 3.8) is 0 Å². The van der Waals surface area contributed by atoms with E-state index >= 15 is 0 Å². The number of carbonyl (C=O) groups is 2. The third kappa shape index (κ3) is 5.35. The van der Waals surface area contributed by atoms with Crippen LogP contribution < -0.4 is 5.32 Å². The van der Waals surface area contributed by atoms with Crippen LogP contribution in [0.1, 0.15) is 36.5 Å². The summed E-state index contributed by atoms with van der Waals surface area (Å²) in [6.45, 7) is 5.71. The summed E-state index contributed by atoms with van der Waals surface area (Å²) >= 11 is 0. The number of amides is 1. The summed E-state index contributed by atoms with van der Waals surface area (Å²) in [6, 6.07) is 12.1. The average molecular weight is 341 g/mol. The van der Waals surface area contributed by atoms with E-state index in [1.54, 1.807) is 12.1 Å². The Labute approximate surface area is 147 Å². The number of aryl methyl sites for hydroxylation is 1. The van der Waals surface area contributed by atoms with Gasteiger partial charge in [-0.3, -0.25) is 9.59 Å². The van der Waals surface area contributed by atoms with Crippen LogP contribution in [0, 0.1) is 6.92 Å². The fraction of sp³-hybridized carbons (Fsp3) is 0.300. The van der Waals surface area contributed by atoms with Crippen LogP contribution in [-0.2, 0) is 20.7 Å². The monoisotopic (exact) mass is 341 g/mol. The van der Waals surface area contributed by atoms with Crippen LogP contribution in [0.4, 0.5) is 5.69 Å². The Morgan fingerprint density at radius 3 is 2.44 bits per heavy atom. The average Bonchev–Trinajstić information content (AvgIpc) is 2.56. The number of phenols is 1. The number of rotatable bonds is 6. The lowest BCUT2D eigenvalue weighted by Gasteiger charge is -2.16. The van der Waals surface area contributed by atoms with Gasteiger partial charge in [-0.05, 0) is 41.7 Å². The maximum atomic E-state index is 12.1. The van der Waals surface area contributed by atoms with Gasteiger partial charge in [0, 0.05) is 5.69 Å². The van der Waals surface area contributed by atoms with E-state index in [1.807, 2.05) is 25.1 Å². The number of benzene rings is 2. The molecule has 2 aromatic carbocycles. The third-order valence-corrected chi connectivity index (χ3v) is 3.84. The zero-order valence-corrected chi connectivity index (χ0v) is 14.7. The number of hydrogen-bond acceptors (Lipinski definition) is 4. The molecule has 1 amide bonds. The highest BCUT2D eigenvalue weighted by molar-refractivity contribution is 5.94. The SMILES string of the molecule is Cc1cccc(C(C)C)c1NC(=O)COC(=O)Cc1ccc(O)cc1. The number of esters is 1. The highest BCUT2D eigenvalue weighted by Gasteiger charge is 2.14. The summed E-state index contributed by atoms with van der Waals surface area (Å²) in [5.74, 6) is -0.451. The summed E-state index contributed by atoms with van der Waals surface area (Å²) in [5.41, 5.74) is 3.50. The van der Waals surface area contributed by atoms with Gasteiger partial charge in [0.2, 0.25) is 0 Å². The Balaban J connectivity index is 1.91. The number of carbonyl (C=O) groups excluding carboxylic acids is 2. The molecule has 132 valence electrons. The quantitative estimate of drug-likeness (QED) is 0.788. The molecule has 5 heteroatoms. The lowest BCUT2D eigenvalue weighted by Crippen LogP contribution is -2.22. The second-order valence-electron chi connectivity index (χ2n) is 6.25. The van der Waals surface area contributed by atoms with Crippen molar-refractivity contribution in [2.24, 2.45) is 0 Å². The number of aromatic hydroxyl groups is 1. The Bertz CT molecular complexity index is 751. The van der Waals surface area contributed by atoms with Crippen molar-refractivity contribution in [2.45, 2.75) is 33.1 Å². The van der Waals surface area contributed by atoms with E-state index in [2.05, 4.69) is 19.2 Å². The summed E-state index contributed by atoms with van der Waals surface area (Å²) in [4.78, 5) is 24.0. The van der Waals surface area contributed by atoms with Gasteiger partial charge in [-0.2, -0.15) is 0 Å². The second-order valence-corrected chi connectivity index (χ2v) is 6.25. The van der Waals surface area contributed by atoms with E-state index in [0.29, 0.717) is 5.56 Å². The molecule has 0 saturated carbocycles. The van der Waals surface area contributed by atoms with Gasteiger partial charge >= 0.3 is 5.97 Å². The number of para-hydroxylation sites is 1. The molecular weight excluding hydrogens is 318 g/mol. The summed E-state index contributed by atoms with van der Waals surface area (Å²) in [5, 5.41) is 12.1. The molecule has 2 N–H and O–H groups in total. The van der Waals surface area contributed by atoms with E-state index < -0.39 is 5.97 Å². The van der Waals surface area contributed by atoms with Crippen molar-refractivity contribution < 1.29 is 19.4 Å². The lowest BCUT2D eigenvalue weighted by atomic mass is 9.98. The van der Waals surface area contributed by atoms with Gasteiger partial charge in [-0.15, -0.1) is 0 Å². The molecule has 5 nitrogen and oxygen atoms in total. The predicted octanol–water partition coefficient (Wildman–Crippen LogP) is 3.55. The molecule has 0 radical (unpaired) electrons. The Kier molecular flexibility index (Phi) is 6.17. The van der Waals surface area contributed by atoms with Crippen LogP contribution in [0.2, 0.25) is 0 Å². The Morgan fingerprint density at radius 2 is 1.80 bits per heavy atom. The normalized spacial score (nSPS) is 10.6. The molecule has 2 aromatic rings. The maximum Gasteiger partial charge on any atom is 0.310 e.